The maximum absolute atomic E-state index is 3.12. The first kappa shape index (κ1) is 5.42. The van der Waals surface area contributed by atoms with Gasteiger partial charge in [0.2, 0.25) is 0 Å². The normalized spacial score (nSPS) is 18.6. The van der Waals surface area contributed by atoms with Crippen LogP contribution in [0, 0.1) is 6.04 Å². The Labute approximate surface area is 50.1 Å². The lowest BCUT2D eigenvalue weighted by Crippen LogP contribution is -2.12. The monoisotopic (exact) mass is 108 g/mol. The van der Waals surface area contributed by atoms with Gasteiger partial charge < -0.3 is 5.32 Å². The molecule has 0 aromatic carbocycles. The van der Waals surface area contributed by atoms with E-state index >= 15 is 0 Å². The van der Waals surface area contributed by atoms with Gasteiger partial charge in [-0.1, -0.05) is 19.1 Å². The highest BCUT2D eigenvalue weighted by molar-refractivity contribution is 5.20. The van der Waals surface area contributed by atoms with Gasteiger partial charge >= 0.3 is 0 Å². The zero-order valence-electron chi connectivity index (χ0n) is 5.02. The van der Waals surface area contributed by atoms with E-state index in [0.717, 1.165) is 6.42 Å². The molecule has 0 saturated heterocycles. The summed E-state index contributed by atoms with van der Waals surface area (Å²) in [5.41, 5.74) is 0. The number of rotatable bonds is 1. The minimum absolute atomic E-state index is 1.08. The lowest BCUT2D eigenvalue weighted by atomic mass is 10.2. The highest BCUT2D eigenvalue weighted by Gasteiger charge is 1.98. The molecule has 0 aromatic rings. The van der Waals surface area contributed by atoms with Crippen molar-refractivity contribution < 1.29 is 0 Å². The van der Waals surface area contributed by atoms with Crippen LogP contribution in [0.15, 0.2) is 24.4 Å². The summed E-state index contributed by atoms with van der Waals surface area (Å²) in [6.45, 7) is 2.13. The molecular weight excluding hydrogens is 98.1 g/mol. The fraction of sp³-hybridized carbons (Fsp3) is 0.286. The van der Waals surface area contributed by atoms with Crippen molar-refractivity contribution in [3.05, 3.63) is 30.5 Å². The average molecular weight is 108 g/mol. The summed E-state index contributed by atoms with van der Waals surface area (Å²) in [7, 11) is 0. The van der Waals surface area contributed by atoms with Crippen LogP contribution in [0.4, 0.5) is 0 Å². The van der Waals surface area contributed by atoms with Gasteiger partial charge in [0.1, 0.15) is 0 Å². The van der Waals surface area contributed by atoms with Gasteiger partial charge in [-0.15, -0.1) is 0 Å². The Kier molecular flexibility index (Phi) is 1.73. The van der Waals surface area contributed by atoms with E-state index in [9.17, 15) is 0 Å². The lowest BCUT2D eigenvalue weighted by Gasteiger charge is -2.10. The van der Waals surface area contributed by atoms with E-state index in [1.807, 2.05) is 18.4 Å². The van der Waals surface area contributed by atoms with E-state index in [1.165, 1.54) is 6.04 Å². The van der Waals surface area contributed by atoms with Crippen molar-refractivity contribution in [2.75, 3.05) is 0 Å². The van der Waals surface area contributed by atoms with Gasteiger partial charge in [-0.2, -0.15) is 0 Å². The first-order valence-electron chi connectivity index (χ1n) is 2.89. The first-order chi connectivity index (χ1) is 3.93. The molecule has 1 rings (SSSR count). The SMILES string of the molecule is CC[C]1C=CC=CN1. The number of dihydropyridines is 1. The van der Waals surface area contributed by atoms with Crippen LogP contribution in [0.3, 0.4) is 0 Å². The van der Waals surface area contributed by atoms with Gasteiger partial charge in [0.25, 0.3) is 0 Å². The second kappa shape index (κ2) is 2.55. The molecule has 0 bridgehead atoms. The second-order valence-electron chi connectivity index (χ2n) is 1.74. The molecule has 1 N–H and O–H groups in total. The van der Waals surface area contributed by atoms with Crippen molar-refractivity contribution in [1.29, 1.82) is 0 Å². The zero-order chi connectivity index (χ0) is 5.82. The molecule has 0 aromatic heterocycles. The Morgan fingerprint density at radius 1 is 1.50 bits per heavy atom. The van der Waals surface area contributed by atoms with Crippen molar-refractivity contribution in [3.8, 4) is 0 Å². The van der Waals surface area contributed by atoms with Gasteiger partial charge in [0.05, 0.1) is 6.04 Å². The van der Waals surface area contributed by atoms with Gasteiger partial charge in [-0.05, 0) is 18.7 Å². The van der Waals surface area contributed by atoms with Crippen LogP contribution < -0.4 is 5.32 Å². The second-order valence-corrected chi connectivity index (χ2v) is 1.74. The molecule has 0 atom stereocenters. The lowest BCUT2D eigenvalue weighted by molar-refractivity contribution is 0.826. The molecule has 0 unspecified atom stereocenters. The van der Waals surface area contributed by atoms with Crippen LogP contribution in [0.5, 0.6) is 0 Å². The molecule has 0 amide bonds. The van der Waals surface area contributed by atoms with Gasteiger partial charge in [0.15, 0.2) is 0 Å². The summed E-state index contributed by atoms with van der Waals surface area (Å²) >= 11 is 0. The van der Waals surface area contributed by atoms with E-state index in [-0.39, 0.29) is 0 Å². The predicted molar refractivity (Wildman–Crippen MR) is 34.9 cm³/mol. The quantitative estimate of drug-likeness (QED) is 0.538. The van der Waals surface area contributed by atoms with E-state index < -0.39 is 0 Å². The van der Waals surface area contributed by atoms with Gasteiger partial charge in [-0.25, -0.2) is 0 Å². The highest BCUT2D eigenvalue weighted by Crippen LogP contribution is 2.05. The van der Waals surface area contributed by atoms with Crippen LogP contribution in [-0.2, 0) is 0 Å². The number of allylic oxidation sites excluding steroid dienone is 2. The van der Waals surface area contributed by atoms with Crippen LogP contribution in [0.1, 0.15) is 13.3 Å². The zero-order valence-corrected chi connectivity index (χ0v) is 5.02. The fourth-order valence-electron chi connectivity index (χ4n) is 0.650. The summed E-state index contributed by atoms with van der Waals surface area (Å²) in [4.78, 5) is 0. The van der Waals surface area contributed by atoms with Gasteiger partial charge in [0, 0.05) is 0 Å². The molecule has 1 nitrogen and oxygen atoms in total. The van der Waals surface area contributed by atoms with Crippen molar-refractivity contribution in [2.24, 2.45) is 0 Å². The van der Waals surface area contributed by atoms with Crippen LogP contribution >= 0.6 is 0 Å². The molecule has 0 aliphatic carbocycles. The summed E-state index contributed by atoms with van der Waals surface area (Å²) in [5.74, 6) is 0. The van der Waals surface area contributed by atoms with Gasteiger partial charge in [-0.3, -0.25) is 0 Å². The highest BCUT2D eigenvalue weighted by atomic mass is 14.9. The summed E-state index contributed by atoms with van der Waals surface area (Å²) < 4.78 is 0. The average Bonchev–Trinajstić information content (AvgIpc) is 1.90. The predicted octanol–water partition coefficient (Wildman–Crippen LogP) is 1.60. The van der Waals surface area contributed by atoms with Crippen molar-refractivity contribution >= 4 is 0 Å². The van der Waals surface area contributed by atoms with Crippen LogP contribution in [0.25, 0.3) is 0 Å². The van der Waals surface area contributed by atoms with E-state index in [2.05, 4.69) is 18.3 Å². The van der Waals surface area contributed by atoms with Crippen LogP contribution in [0.2, 0.25) is 0 Å². The summed E-state index contributed by atoms with van der Waals surface area (Å²) in [6.07, 6.45) is 9.13. The molecule has 43 valence electrons. The third-order valence-electron chi connectivity index (χ3n) is 1.15. The minimum Gasteiger partial charge on any atom is -0.379 e. The van der Waals surface area contributed by atoms with E-state index in [4.69, 9.17) is 0 Å². The smallest absolute Gasteiger partial charge is 0.0818 e. The molecule has 0 spiro atoms. The first-order valence-corrected chi connectivity index (χ1v) is 2.89. The number of hydrogen-bond donors (Lipinski definition) is 1. The molecule has 1 aliphatic rings. The van der Waals surface area contributed by atoms with E-state index in [0.29, 0.717) is 0 Å². The maximum atomic E-state index is 3.12. The number of nitrogens with one attached hydrogen (secondary N) is 1. The molecule has 1 heteroatoms. The fourth-order valence-corrected chi connectivity index (χ4v) is 0.650. The van der Waals surface area contributed by atoms with Crippen molar-refractivity contribution in [3.63, 3.8) is 0 Å². The molecular formula is C7H10N. The molecule has 1 radical (unpaired) electrons. The Balaban J connectivity index is 2.40. The third kappa shape index (κ3) is 1.12. The Morgan fingerprint density at radius 2 is 2.38 bits per heavy atom. The third-order valence-corrected chi connectivity index (χ3v) is 1.15. The largest absolute Gasteiger partial charge is 0.379 e. The Bertz CT molecular complexity index is 114. The minimum atomic E-state index is 1.08. The summed E-state index contributed by atoms with van der Waals surface area (Å²) in [6, 6.07) is 1.28. The Morgan fingerprint density at radius 3 is 2.75 bits per heavy atom. The number of hydrogen-bond acceptors (Lipinski definition) is 1. The Hall–Kier alpha value is -0.720. The molecule has 0 saturated carbocycles. The van der Waals surface area contributed by atoms with E-state index in [1.54, 1.807) is 0 Å². The van der Waals surface area contributed by atoms with Crippen molar-refractivity contribution in [1.82, 2.24) is 5.32 Å². The molecule has 0 fully saturated rings. The summed E-state index contributed by atoms with van der Waals surface area (Å²) in [5, 5.41) is 3.12. The molecule has 1 aliphatic heterocycles. The molecule has 8 heavy (non-hydrogen) atoms. The molecule has 1 heterocycles. The van der Waals surface area contributed by atoms with Crippen molar-refractivity contribution in [2.45, 2.75) is 13.3 Å². The van der Waals surface area contributed by atoms with Crippen LogP contribution in [-0.4, -0.2) is 0 Å². The standard InChI is InChI=1S/C7H10N/c1-2-7-5-3-4-6-8-7/h3-6,8H,2H2,1H3. The topological polar surface area (TPSA) is 12.0 Å². The maximum Gasteiger partial charge on any atom is 0.0818 e.